The summed E-state index contributed by atoms with van der Waals surface area (Å²) in [6.07, 6.45) is 3.59. The van der Waals surface area contributed by atoms with Gasteiger partial charge < -0.3 is 20.5 Å². The fraction of sp³-hybridized carbons (Fsp3) is 0.850. The molecule has 160 valence electrons. The number of carboxylic acid groups (broad SMARTS) is 1. The highest BCUT2D eigenvalue weighted by Crippen LogP contribution is 2.36. The third-order valence-electron chi connectivity index (χ3n) is 5.28. The lowest BCUT2D eigenvalue weighted by atomic mass is 9.94. The number of carbonyl (C=O) groups excluding carboxylic acids is 2. The molecule has 2 rings (SSSR count). The SMILES string of the molecule is CC(C)(C)OC(=O)C(C(=O)N1CCN(CCCCC(=O)O)CC1)C(N)C1CC1. The van der Waals surface area contributed by atoms with E-state index in [9.17, 15) is 14.4 Å². The minimum Gasteiger partial charge on any atom is -0.481 e. The molecule has 2 atom stereocenters. The molecule has 2 unspecified atom stereocenters. The topological polar surface area (TPSA) is 113 Å². The van der Waals surface area contributed by atoms with Crippen LogP contribution in [0.3, 0.4) is 0 Å². The van der Waals surface area contributed by atoms with Gasteiger partial charge in [0.25, 0.3) is 0 Å². The lowest BCUT2D eigenvalue weighted by Gasteiger charge is -2.37. The number of carbonyl (C=O) groups is 3. The second kappa shape index (κ2) is 9.69. The summed E-state index contributed by atoms with van der Waals surface area (Å²) in [6, 6.07) is -0.489. The van der Waals surface area contributed by atoms with Gasteiger partial charge in [0, 0.05) is 38.6 Å². The molecule has 0 radical (unpaired) electrons. The number of carboxylic acids is 1. The van der Waals surface area contributed by atoms with E-state index >= 15 is 0 Å². The number of ether oxygens (including phenoxy) is 1. The van der Waals surface area contributed by atoms with E-state index in [1.54, 1.807) is 25.7 Å². The van der Waals surface area contributed by atoms with Crippen LogP contribution in [0.4, 0.5) is 0 Å². The van der Waals surface area contributed by atoms with Crippen LogP contribution in [-0.4, -0.2) is 77.1 Å². The van der Waals surface area contributed by atoms with Crippen molar-refractivity contribution in [2.75, 3.05) is 32.7 Å². The van der Waals surface area contributed by atoms with Gasteiger partial charge in [-0.3, -0.25) is 19.3 Å². The molecule has 1 amide bonds. The number of amides is 1. The molecule has 1 saturated heterocycles. The molecule has 8 heteroatoms. The molecule has 8 nitrogen and oxygen atoms in total. The molecule has 3 N–H and O–H groups in total. The van der Waals surface area contributed by atoms with Crippen molar-refractivity contribution in [1.29, 1.82) is 0 Å². The average molecular weight is 398 g/mol. The smallest absolute Gasteiger partial charge is 0.320 e. The van der Waals surface area contributed by atoms with E-state index in [1.807, 2.05) is 0 Å². The fourth-order valence-corrected chi connectivity index (χ4v) is 3.54. The summed E-state index contributed by atoms with van der Waals surface area (Å²) >= 11 is 0. The van der Waals surface area contributed by atoms with E-state index in [0.29, 0.717) is 19.5 Å². The van der Waals surface area contributed by atoms with Gasteiger partial charge in [-0.25, -0.2) is 0 Å². The number of hydrogen-bond donors (Lipinski definition) is 2. The van der Waals surface area contributed by atoms with Crippen molar-refractivity contribution in [2.24, 2.45) is 17.6 Å². The third-order valence-corrected chi connectivity index (χ3v) is 5.28. The monoisotopic (exact) mass is 397 g/mol. The molecular formula is C20H35N3O5. The van der Waals surface area contributed by atoms with Crippen LogP contribution in [0.25, 0.3) is 0 Å². The summed E-state index contributed by atoms with van der Waals surface area (Å²) in [7, 11) is 0. The zero-order valence-corrected chi connectivity index (χ0v) is 17.4. The Morgan fingerprint density at radius 3 is 2.21 bits per heavy atom. The Kier molecular flexibility index (Phi) is 7.83. The largest absolute Gasteiger partial charge is 0.481 e. The van der Waals surface area contributed by atoms with Crippen molar-refractivity contribution in [3.05, 3.63) is 0 Å². The second-order valence-electron chi connectivity index (χ2n) is 8.94. The Balaban J connectivity index is 1.88. The van der Waals surface area contributed by atoms with E-state index in [0.717, 1.165) is 38.9 Å². The molecule has 0 spiro atoms. The van der Waals surface area contributed by atoms with Crippen molar-refractivity contribution >= 4 is 17.8 Å². The molecule has 0 aromatic rings. The standard InChI is InChI=1S/C20H35N3O5/c1-20(2,3)28-19(27)16(17(21)14-7-8-14)18(26)23-12-10-22(11-13-23)9-5-4-6-15(24)25/h14,16-17H,4-13,21H2,1-3H3,(H,24,25). The van der Waals surface area contributed by atoms with Gasteiger partial charge in [0.2, 0.25) is 5.91 Å². The maximum Gasteiger partial charge on any atom is 0.320 e. The maximum atomic E-state index is 13.1. The molecule has 2 aliphatic rings. The molecule has 1 aliphatic carbocycles. The van der Waals surface area contributed by atoms with Crippen molar-refractivity contribution in [2.45, 2.75) is 64.5 Å². The molecule has 28 heavy (non-hydrogen) atoms. The first kappa shape index (κ1) is 22.6. The van der Waals surface area contributed by atoms with Gasteiger partial charge in [0.05, 0.1) is 0 Å². The summed E-state index contributed by atoms with van der Waals surface area (Å²) in [4.78, 5) is 40.3. The molecule has 1 aliphatic heterocycles. The van der Waals surface area contributed by atoms with E-state index in [-0.39, 0.29) is 18.2 Å². The first-order valence-corrected chi connectivity index (χ1v) is 10.3. The predicted molar refractivity (Wildman–Crippen MR) is 105 cm³/mol. The Bertz CT molecular complexity index is 563. The van der Waals surface area contributed by atoms with E-state index in [2.05, 4.69) is 4.90 Å². The normalized spacial score (nSPS) is 20.5. The Morgan fingerprint density at radius 2 is 1.71 bits per heavy atom. The Morgan fingerprint density at radius 1 is 1.11 bits per heavy atom. The summed E-state index contributed by atoms with van der Waals surface area (Å²) < 4.78 is 5.49. The Labute approximate surface area is 167 Å². The number of aliphatic carboxylic acids is 1. The van der Waals surface area contributed by atoms with Crippen LogP contribution in [0.15, 0.2) is 0 Å². The summed E-state index contributed by atoms with van der Waals surface area (Å²) in [5.41, 5.74) is 5.62. The predicted octanol–water partition coefficient (Wildman–Crippen LogP) is 1.08. The van der Waals surface area contributed by atoms with Gasteiger partial charge in [0.15, 0.2) is 5.92 Å². The van der Waals surface area contributed by atoms with Gasteiger partial charge in [0.1, 0.15) is 5.60 Å². The molecule has 1 saturated carbocycles. The fourth-order valence-electron chi connectivity index (χ4n) is 3.54. The van der Waals surface area contributed by atoms with Gasteiger partial charge in [-0.05, 0) is 58.9 Å². The second-order valence-corrected chi connectivity index (χ2v) is 8.94. The number of rotatable bonds is 9. The molecule has 0 aromatic heterocycles. The minimum absolute atomic E-state index is 0.190. The number of unbranched alkanes of at least 4 members (excludes halogenated alkanes) is 1. The quantitative estimate of drug-likeness (QED) is 0.340. The molecular weight excluding hydrogens is 362 g/mol. The van der Waals surface area contributed by atoms with Crippen molar-refractivity contribution in [3.63, 3.8) is 0 Å². The van der Waals surface area contributed by atoms with Gasteiger partial charge in [-0.2, -0.15) is 0 Å². The summed E-state index contributed by atoms with van der Waals surface area (Å²) in [5.74, 6) is -2.23. The van der Waals surface area contributed by atoms with Crippen LogP contribution in [0, 0.1) is 11.8 Å². The number of nitrogens with two attached hydrogens (primary N) is 1. The van der Waals surface area contributed by atoms with Crippen molar-refractivity contribution in [3.8, 4) is 0 Å². The lowest BCUT2D eigenvalue weighted by Crippen LogP contribution is -2.55. The molecule has 0 aromatic carbocycles. The van der Waals surface area contributed by atoms with Gasteiger partial charge in [-0.1, -0.05) is 0 Å². The first-order valence-electron chi connectivity index (χ1n) is 10.3. The third kappa shape index (κ3) is 7.05. The highest BCUT2D eigenvalue weighted by Gasteiger charge is 2.45. The Hall–Kier alpha value is -1.67. The molecule has 2 fully saturated rings. The molecule has 0 bridgehead atoms. The van der Waals surface area contributed by atoms with Crippen LogP contribution >= 0.6 is 0 Å². The van der Waals surface area contributed by atoms with Crippen LogP contribution in [0.1, 0.15) is 52.9 Å². The van der Waals surface area contributed by atoms with E-state index in [4.69, 9.17) is 15.6 Å². The van der Waals surface area contributed by atoms with Crippen LogP contribution in [0.5, 0.6) is 0 Å². The van der Waals surface area contributed by atoms with E-state index in [1.165, 1.54) is 0 Å². The lowest BCUT2D eigenvalue weighted by molar-refractivity contribution is -0.166. The highest BCUT2D eigenvalue weighted by atomic mass is 16.6. The summed E-state index contributed by atoms with van der Waals surface area (Å²) in [5, 5.41) is 8.70. The van der Waals surface area contributed by atoms with E-state index < -0.39 is 29.5 Å². The van der Waals surface area contributed by atoms with Gasteiger partial charge in [-0.15, -0.1) is 0 Å². The van der Waals surface area contributed by atoms with Crippen LogP contribution in [0.2, 0.25) is 0 Å². The van der Waals surface area contributed by atoms with Crippen LogP contribution < -0.4 is 5.73 Å². The number of nitrogens with zero attached hydrogens (tertiary/aromatic N) is 2. The number of hydrogen-bond acceptors (Lipinski definition) is 6. The van der Waals surface area contributed by atoms with Crippen molar-refractivity contribution in [1.82, 2.24) is 9.80 Å². The highest BCUT2D eigenvalue weighted by molar-refractivity contribution is 5.99. The zero-order chi connectivity index (χ0) is 20.9. The van der Waals surface area contributed by atoms with Gasteiger partial charge >= 0.3 is 11.9 Å². The maximum absolute atomic E-state index is 13.1. The molecule has 1 heterocycles. The average Bonchev–Trinajstić information content (AvgIpc) is 3.42. The van der Waals surface area contributed by atoms with Crippen LogP contribution in [-0.2, 0) is 19.1 Å². The number of piperazine rings is 1. The van der Waals surface area contributed by atoms with Crippen molar-refractivity contribution < 1.29 is 24.2 Å². The number of esters is 1. The first-order chi connectivity index (χ1) is 13.1. The summed E-state index contributed by atoms with van der Waals surface area (Å²) in [6.45, 7) is 8.74. The zero-order valence-electron chi connectivity index (χ0n) is 17.4. The minimum atomic E-state index is -0.936.